The molecule has 9 nitrogen and oxygen atoms in total. The molecule has 2 rings (SSSR count). The summed E-state index contributed by atoms with van der Waals surface area (Å²) in [5.41, 5.74) is 0.0589. The second-order valence-electron chi connectivity index (χ2n) is 11.4. The summed E-state index contributed by atoms with van der Waals surface area (Å²) in [5.74, 6) is 0.162. The molecule has 0 radical (unpaired) electrons. The summed E-state index contributed by atoms with van der Waals surface area (Å²) in [4.78, 5) is 30.1. The number of amides is 2. The Kier molecular flexibility index (Phi) is 11.0. The molecule has 0 bridgehead atoms. The third kappa shape index (κ3) is 10.2. The fourth-order valence-corrected chi connectivity index (χ4v) is 4.69. The van der Waals surface area contributed by atoms with Crippen LogP contribution in [0.4, 0.5) is 4.79 Å². The van der Waals surface area contributed by atoms with Gasteiger partial charge in [0.25, 0.3) is 0 Å². The molecule has 0 saturated heterocycles. The van der Waals surface area contributed by atoms with Crippen LogP contribution >= 0.6 is 0 Å². The van der Waals surface area contributed by atoms with Crippen LogP contribution in [0, 0.1) is 11.8 Å². The number of ether oxygens (including phenoxy) is 1. The van der Waals surface area contributed by atoms with E-state index < -0.39 is 41.9 Å². The van der Waals surface area contributed by atoms with E-state index in [1.165, 1.54) is 6.42 Å². The molecule has 4 atom stereocenters. The Bertz CT molecular complexity index is 798. The van der Waals surface area contributed by atoms with Crippen molar-refractivity contribution >= 4 is 12.0 Å². The third-order valence-corrected chi connectivity index (χ3v) is 6.50. The van der Waals surface area contributed by atoms with Crippen LogP contribution in [0.25, 0.3) is 0 Å². The van der Waals surface area contributed by atoms with Crippen LogP contribution in [-0.2, 0) is 23.0 Å². The van der Waals surface area contributed by atoms with Gasteiger partial charge in [0.1, 0.15) is 17.7 Å². The summed E-state index contributed by atoms with van der Waals surface area (Å²) in [6.07, 6.45) is 7.37. The number of aliphatic hydroxyl groups excluding tert-OH is 2. The zero-order valence-electron chi connectivity index (χ0n) is 22.3. The van der Waals surface area contributed by atoms with E-state index in [1.807, 2.05) is 20.9 Å². The SMILES string of the molecule is CC(C)C[C@H](O)[C@H](O)[C@H](CC1CCCCC1)NC(=O)[C@H](Cc1cncn1C)NC(=O)OC(C)(C)C. The molecule has 0 unspecified atom stereocenters. The van der Waals surface area contributed by atoms with Gasteiger partial charge in [-0.1, -0.05) is 46.0 Å². The normalized spacial score (nSPS) is 18.5. The van der Waals surface area contributed by atoms with Crippen LogP contribution in [0.1, 0.15) is 85.3 Å². The highest BCUT2D eigenvalue weighted by molar-refractivity contribution is 5.86. The van der Waals surface area contributed by atoms with Gasteiger partial charge in [-0.25, -0.2) is 9.78 Å². The van der Waals surface area contributed by atoms with E-state index in [0.717, 1.165) is 31.4 Å². The minimum atomic E-state index is -1.10. The molecule has 1 fully saturated rings. The molecule has 0 aromatic carbocycles. The van der Waals surface area contributed by atoms with Gasteiger partial charge in [-0.2, -0.15) is 0 Å². The number of carbonyl (C=O) groups is 2. The van der Waals surface area contributed by atoms with Gasteiger partial charge >= 0.3 is 6.09 Å². The Morgan fingerprint density at radius 3 is 2.37 bits per heavy atom. The van der Waals surface area contributed by atoms with E-state index in [4.69, 9.17) is 4.74 Å². The zero-order valence-corrected chi connectivity index (χ0v) is 22.3. The molecular weight excluding hydrogens is 448 g/mol. The van der Waals surface area contributed by atoms with Crippen molar-refractivity contribution in [1.82, 2.24) is 20.2 Å². The van der Waals surface area contributed by atoms with Crippen LogP contribution in [0.5, 0.6) is 0 Å². The standard InChI is InChI=1S/C26H46N4O5/c1-17(2)12-22(31)23(32)20(13-18-10-8-7-9-11-18)28-24(33)21(14-19-15-27-16-30(19)6)29-25(34)35-26(3,4)5/h15-18,20-23,31-32H,7-14H2,1-6H3,(H,28,33)(H,29,34)/t20-,21-,22-,23+/m0/s1. The Balaban J connectivity index is 2.20. The number of imidazole rings is 1. The smallest absolute Gasteiger partial charge is 0.408 e. The number of hydrogen-bond donors (Lipinski definition) is 4. The summed E-state index contributed by atoms with van der Waals surface area (Å²) in [5, 5.41) is 27.3. The predicted molar refractivity (Wildman–Crippen MR) is 135 cm³/mol. The molecule has 35 heavy (non-hydrogen) atoms. The average molecular weight is 495 g/mol. The van der Waals surface area contributed by atoms with Crippen molar-refractivity contribution in [2.45, 2.75) is 116 Å². The predicted octanol–water partition coefficient (Wildman–Crippen LogP) is 3.08. The molecule has 4 N–H and O–H groups in total. The first-order chi connectivity index (χ1) is 16.4. The summed E-state index contributed by atoms with van der Waals surface area (Å²) in [6.45, 7) is 9.25. The second-order valence-corrected chi connectivity index (χ2v) is 11.4. The molecule has 1 aliphatic rings. The maximum Gasteiger partial charge on any atom is 0.408 e. The molecule has 9 heteroatoms. The second kappa shape index (κ2) is 13.3. The van der Waals surface area contributed by atoms with Crippen LogP contribution in [-0.4, -0.2) is 61.7 Å². The van der Waals surface area contributed by atoms with Gasteiger partial charge in [0.05, 0.1) is 18.5 Å². The lowest BCUT2D eigenvalue weighted by Crippen LogP contribution is -2.56. The lowest BCUT2D eigenvalue weighted by Gasteiger charge is -2.33. The maximum atomic E-state index is 13.5. The first-order valence-electron chi connectivity index (χ1n) is 13.0. The highest BCUT2D eigenvalue weighted by Crippen LogP contribution is 2.29. The largest absolute Gasteiger partial charge is 0.444 e. The lowest BCUT2D eigenvalue weighted by molar-refractivity contribution is -0.126. The minimum Gasteiger partial charge on any atom is -0.444 e. The van der Waals surface area contributed by atoms with Crippen molar-refractivity contribution in [3.05, 3.63) is 18.2 Å². The van der Waals surface area contributed by atoms with Gasteiger partial charge in [0.2, 0.25) is 5.91 Å². The molecule has 0 aliphatic heterocycles. The van der Waals surface area contributed by atoms with E-state index in [0.29, 0.717) is 18.8 Å². The number of alkyl carbamates (subject to hydrolysis) is 1. The topological polar surface area (TPSA) is 126 Å². The fourth-order valence-electron chi connectivity index (χ4n) is 4.69. The van der Waals surface area contributed by atoms with E-state index in [-0.39, 0.29) is 12.3 Å². The van der Waals surface area contributed by atoms with Gasteiger partial charge in [-0.15, -0.1) is 0 Å². The minimum absolute atomic E-state index is 0.206. The average Bonchev–Trinajstić information content (AvgIpc) is 3.15. The van der Waals surface area contributed by atoms with Crippen LogP contribution < -0.4 is 10.6 Å². The van der Waals surface area contributed by atoms with Gasteiger partial charge in [-0.05, 0) is 45.4 Å². The van der Waals surface area contributed by atoms with Gasteiger partial charge in [-0.3, -0.25) is 4.79 Å². The van der Waals surface area contributed by atoms with Gasteiger partial charge in [0, 0.05) is 25.4 Å². The number of hydrogen-bond acceptors (Lipinski definition) is 6. The number of aromatic nitrogens is 2. The summed E-state index contributed by atoms with van der Waals surface area (Å²) >= 11 is 0. The van der Waals surface area contributed by atoms with Crippen molar-refractivity contribution < 1.29 is 24.5 Å². The molecule has 1 heterocycles. The Hall–Kier alpha value is -2.13. The van der Waals surface area contributed by atoms with Crippen molar-refractivity contribution in [1.29, 1.82) is 0 Å². The first kappa shape index (κ1) is 29.1. The van der Waals surface area contributed by atoms with Gasteiger partial charge in [0.15, 0.2) is 0 Å². The lowest BCUT2D eigenvalue weighted by atomic mass is 9.82. The molecule has 1 saturated carbocycles. The quantitative estimate of drug-likeness (QED) is 0.375. The van der Waals surface area contributed by atoms with Crippen molar-refractivity contribution in [3.8, 4) is 0 Å². The molecule has 200 valence electrons. The molecular formula is C26H46N4O5. The number of rotatable bonds is 11. The number of aliphatic hydroxyl groups is 2. The number of nitrogens with one attached hydrogen (secondary N) is 2. The van der Waals surface area contributed by atoms with Crippen LogP contribution in [0.3, 0.4) is 0 Å². The zero-order chi connectivity index (χ0) is 26.2. The molecule has 2 amide bonds. The van der Waals surface area contributed by atoms with E-state index >= 15 is 0 Å². The first-order valence-corrected chi connectivity index (χ1v) is 13.0. The Labute approximate surface area is 210 Å². The molecule has 1 aromatic heterocycles. The van der Waals surface area contributed by atoms with Crippen molar-refractivity contribution in [3.63, 3.8) is 0 Å². The highest BCUT2D eigenvalue weighted by Gasteiger charge is 2.34. The highest BCUT2D eigenvalue weighted by atomic mass is 16.6. The molecule has 0 spiro atoms. The van der Waals surface area contributed by atoms with E-state index in [2.05, 4.69) is 15.6 Å². The third-order valence-electron chi connectivity index (χ3n) is 6.50. The van der Waals surface area contributed by atoms with E-state index in [9.17, 15) is 19.8 Å². The molecule has 1 aromatic rings. The van der Waals surface area contributed by atoms with Crippen LogP contribution in [0.15, 0.2) is 12.5 Å². The fraction of sp³-hybridized carbons (Fsp3) is 0.808. The van der Waals surface area contributed by atoms with Gasteiger partial charge < -0.3 is 30.2 Å². The number of carbonyl (C=O) groups excluding carboxylic acids is 2. The summed E-state index contributed by atoms with van der Waals surface area (Å²) in [6, 6.07) is -1.54. The van der Waals surface area contributed by atoms with Crippen molar-refractivity contribution in [2.24, 2.45) is 18.9 Å². The monoisotopic (exact) mass is 494 g/mol. The van der Waals surface area contributed by atoms with Crippen LogP contribution in [0.2, 0.25) is 0 Å². The Morgan fingerprint density at radius 1 is 1.17 bits per heavy atom. The molecule has 1 aliphatic carbocycles. The Morgan fingerprint density at radius 2 is 1.83 bits per heavy atom. The number of aryl methyl sites for hydroxylation is 1. The summed E-state index contributed by atoms with van der Waals surface area (Å²) in [7, 11) is 1.82. The summed E-state index contributed by atoms with van der Waals surface area (Å²) < 4.78 is 7.17. The maximum absolute atomic E-state index is 13.5. The number of nitrogens with zero attached hydrogens (tertiary/aromatic N) is 2. The van der Waals surface area contributed by atoms with Crippen molar-refractivity contribution in [2.75, 3.05) is 0 Å². The van der Waals surface area contributed by atoms with E-state index in [1.54, 1.807) is 37.9 Å².